The fourth-order valence-corrected chi connectivity index (χ4v) is 3.18. The standard InChI is InChI=1S/C16H14N4O4S/c1-11-6-7-13(8-16(11)20(21)22)25(23,24)19-18-10-12-9-17-15-5-3-2-4-14(12)15/h2-10,17,19H,1H3/b18-10+. The Morgan fingerprint density at radius 3 is 2.76 bits per heavy atom. The molecule has 0 saturated carbocycles. The van der Waals surface area contributed by atoms with Gasteiger partial charge in [-0.1, -0.05) is 24.3 Å². The molecule has 0 aliphatic carbocycles. The molecule has 8 nitrogen and oxygen atoms in total. The van der Waals surface area contributed by atoms with Crippen LogP contribution in [0.25, 0.3) is 10.9 Å². The molecule has 3 aromatic rings. The van der Waals surface area contributed by atoms with Gasteiger partial charge >= 0.3 is 0 Å². The summed E-state index contributed by atoms with van der Waals surface area (Å²) in [7, 11) is -4.00. The first-order valence-corrected chi connectivity index (χ1v) is 8.73. The molecule has 25 heavy (non-hydrogen) atoms. The summed E-state index contributed by atoms with van der Waals surface area (Å²) in [4.78, 5) is 15.2. The molecule has 128 valence electrons. The molecular formula is C16H14N4O4S. The summed E-state index contributed by atoms with van der Waals surface area (Å²) in [5.74, 6) is 0. The number of benzene rings is 2. The lowest BCUT2D eigenvalue weighted by molar-refractivity contribution is -0.385. The van der Waals surface area contributed by atoms with Gasteiger partial charge < -0.3 is 4.98 Å². The van der Waals surface area contributed by atoms with Crippen LogP contribution in [0.3, 0.4) is 0 Å². The van der Waals surface area contributed by atoms with Crippen molar-refractivity contribution in [3.8, 4) is 0 Å². The largest absolute Gasteiger partial charge is 0.361 e. The van der Waals surface area contributed by atoms with Gasteiger partial charge in [0.05, 0.1) is 16.0 Å². The van der Waals surface area contributed by atoms with Crippen molar-refractivity contribution in [2.24, 2.45) is 5.10 Å². The Kier molecular flexibility index (Phi) is 4.24. The van der Waals surface area contributed by atoms with Crippen molar-refractivity contribution in [2.75, 3.05) is 0 Å². The molecule has 0 spiro atoms. The van der Waals surface area contributed by atoms with Crippen LogP contribution in [0.4, 0.5) is 5.69 Å². The maximum Gasteiger partial charge on any atom is 0.276 e. The van der Waals surface area contributed by atoms with Gasteiger partial charge in [0.2, 0.25) is 0 Å². The molecule has 1 aromatic heterocycles. The Bertz CT molecular complexity index is 1090. The highest BCUT2D eigenvalue weighted by Crippen LogP contribution is 2.22. The van der Waals surface area contributed by atoms with E-state index < -0.39 is 14.9 Å². The molecule has 3 rings (SSSR count). The summed E-state index contributed by atoms with van der Waals surface area (Å²) < 4.78 is 24.5. The Morgan fingerprint density at radius 2 is 2.00 bits per heavy atom. The predicted molar refractivity (Wildman–Crippen MR) is 94.0 cm³/mol. The minimum Gasteiger partial charge on any atom is -0.361 e. The molecule has 0 aliphatic rings. The normalized spacial score (nSPS) is 11.9. The molecule has 0 atom stereocenters. The predicted octanol–water partition coefficient (Wildman–Crippen LogP) is 2.70. The number of fused-ring (bicyclic) bond motifs is 1. The Morgan fingerprint density at radius 1 is 1.24 bits per heavy atom. The zero-order valence-electron chi connectivity index (χ0n) is 13.1. The molecule has 2 aromatic carbocycles. The van der Waals surface area contributed by atoms with Crippen molar-refractivity contribution < 1.29 is 13.3 Å². The summed E-state index contributed by atoms with van der Waals surface area (Å²) in [6.45, 7) is 1.54. The van der Waals surface area contributed by atoms with Gasteiger partial charge in [-0.2, -0.15) is 13.5 Å². The number of nitrogens with zero attached hydrogens (tertiary/aromatic N) is 2. The smallest absolute Gasteiger partial charge is 0.276 e. The average molecular weight is 358 g/mol. The number of rotatable bonds is 5. The van der Waals surface area contributed by atoms with E-state index in [-0.39, 0.29) is 10.6 Å². The van der Waals surface area contributed by atoms with Crippen LogP contribution in [0.15, 0.2) is 58.7 Å². The summed E-state index contributed by atoms with van der Waals surface area (Å²) >= 11 is 0. The van der Waals surface area contributed by atoms with E-state index in [2.05, 4.69) is 14.9 Å². The molecule has 0 aliphatic heterocycles. The summed E-state index contributed by atoms with van der Waals surface area (Å²) in [5, 5.41) is 15.6. The molecule has 0 unspecified atom stereocenters. The lowest BCUT2D eigenvalue weighted by atomic mass is 10.2. The lowest BCUT2D eigenvalue weighted by Gasteiger charge is -2.04. The van der Waals surface area contributed by atoms with E-state index in [4.69, 9.17) is 0 Å². The van der Waals surface area contributed by atoms with Crippen LogP contribution < -0.4 is 4.83 Å². The number of sulfonamides is 1. The van der Waals surface area contributed by atoms with E-state index in [9.17, 15) is 18.5 Å². The van der Waals surface area contributed by atoms with Crippen molar-refractivity contribution >= 4 is 32.8 Å². The topological polar surface area (TPSA) is 117 Å². The first kappa shape index (κ1) is 16.7. The fourth-order valence-electron chi connectivity index (χ4n) is 2.37. The van der Waals surface area contributed by atoms with Crippen LogP contribution in [-0.4, -0.2) is 24.5 Å². The van der Waals surface area contributed by atoms with Crippen LogP contribution in [0, 0.1) is 17.0 Å². The second kappa shape index (κ2) is 6.36. The van der Waals surface area contributed by atoms with E-state index in [0.29, 0.717) is 11.1 Å². The van der Waals surface area contributed by atoms with Crippen molar-refractivity contribution in [3.63, 3.8) is 0 Å². The van der Waals surface area contributed by atoms with Crippen LogP contribution in [0.5, 0.6) is 0 Å². The zero-order valence-corrected chi connectivity index (χ0v) is 13.9. The van der Waals surface area contributed by atoms with Gasteiger partial charge in [0, 0.05) is 34.3 Å². The number of nitro groups is 1. The zero-order chi connectivity index (χ0) is 18.0. The minimum absolute atomic E-state index is 0.221. The molecular weight excluding hydrogens is 344 g/mol. The third kappa shape index (κ3) is 3.36. The molecule has 2 N–H and O–H groups in total. The number of H-pyrrole nitrogens is 1. The third-order valence-corrected chi connectivity index (χ3v) is 4.91. The molecule has 9 heteroatoms. The average Bonchev–Trinajstić information content (AvgIpc) is 2.98. The van der Waals surface area contributed by atoms with Crippen LogP contribution in [0.2, 0.25) is 0 Å². The van der Waals surface area contributed by atoms with Crippen LogP contribution in [-0.2, 0) is 10.0 Å². The van der Waals surface area contributed by atoms with E-state index in [1.54, 1.807) is 6.20 Å². The molecule has 1 heterocycles. The summed E-state index contributed by atoms with van der Waals surface area (Å²) in [6, 6.07) is 11.2. The van der Waals surface area contributed by atoms with E-state index in [1.165, 1.54) is 25.3 Å². The van der Waals surface area contributed by atoms with Gasteiger partial charge in [0.25, 0.3) is 15.7 Å². The fraction of sp³-hybridized carbons (Fsp3) is 0.0625. The van der Waals surface area contributed by atoms with Crippen molar-refractivity contribution in [2.45, 2.75) is 11.8 Å². The maximum atomic E-state index is 12.3. The number of nitro benzene ring substituents is 1. The first-order chi connectivity index (χ1) is 11.9. The lowest BCUT2D eigenvalue weighted by Crippen LogP contribution is -2.18. The van der Waals surface area contributed by atoms with Gasteiger partial charge in [0.1, 0.15) is 0 Å². The summed E-state index contributed by atoms with van der Waals surface area (Å²) in [6.07, 6.45) is 3.08. The van der Waals surface area contributed by atoms with E-state index >= 15 is 0 Å². The maximum absolute atomic E-state index is 12.3. The first-order valence-electron chi connectivity index (χ1n) is 7.24. The van der Waals surface area contributed by atoms with Crippen molar-refractivity contribution in [1.82, 2.24) is 9.82 Å². The Balaban J connectivity index is 1.85. The Labute approximate surface area is 143 Å². The van der Waals surface area contributed by atoms with Gasteiger partial charge in [-0.3, -0.25) is 10.1 Å². The van der Waals surface area contributed by atoms with Gasteiger partial charge in [-0.25, -0.2) is 4.83 Å². The van der Waals surface area contributed by atoms with Crippen LogP contribution in [0.1, 0.15) is 11.1 Å². The van der Waals surface area contributed by atoms with E-state index in [0.717, 1.165) is 17.0 Å². The number of para-hydroxylation sites is 1. The summed E-state index contributed by atoms with van der Waals surface area (Å²) in [5.41, 5.74) is 1.74. The number of aryl methyl sites for hydroxylation is 1. The SMILES string of the molecule is Cc1ccc(S(=O)(=O)N/N=C/c2c[nH]c3ccccc23)cc1[N+](=O)[O-]. The second-order valence-electron chi connectivity index (χ2n) is 5.35. The second-order valence-corrected chi connectivity index (χ2v) is 7.01. The molecule has 0 fully saturated rings. The van der Waals surface area contributed by atoms with Gasteiger partial charge in [-0.05, 0) is 19.1 Å². The highest BCUT2D eigenvalue weighted by Gasteiger charge is 2.19. The van der Waals surface area contributed by atoms with Crippen molar-refractivity contribution in [3.05, 3.63) is 69.9 Å². The quantitative estimate of drug-likeness (QED) is 0.414. The molecule has 0 radical (unpaired) electrons. The van der Waals surface area contributed by atoms with Gasteiger partial charge in [-0.15, -0.1) is 0 Å². The number of hydrogen-bond acceptors (Lipinski definition) is 5. The molecule has 0 bridgehead atoms. The van der Waals surface area contributed by atoms with Crippen LogP contribution >= 0.6 is 0 Å². The highest BCUT2D eigenvalue weighted by molar-refractivity contribution is 7.89. The number of hydrogen-bond donors (Lipinski definition) is 2. The number of aromatic nitrogens is 1. The van der Waals surface area contributed by atoms with Crippen molar-refractivity contribution in [1.29, 1.82) is 0 Å². The van der Waals surface area contributed by atoms with Gasteiger partial charge in [0.15, 0.2) is 0 Å². The monoisotopic (exact) mass is 358 g/mol. The molecule has 0 saturated heterocycles. The Hall–Kier alpha value is -3.20. The minimum atomic E-state index is -4.00. The molecule has 0 amide bonds. The van der Waals surface area contributed by atoms with E-state index in [1.807, 2.05) is 24.3 Å². The highest BCUT2D eigenvalue weighted by atomic mass is 32.2. The third-order valence-electron chi connectivity index (χ3n) is 3.69. The number of aromatic amines is 1. The number of nitrogens with one attached hydrogen (secondary N) is 2. The number of hydrazone groups is 1.